The summed E-state index contributed by atoms with van der Waals surface area (Å²) in [5.74, 6) is 1.92. The molecular formula is C53H61AuN6P-2. The van der Waals surface area contributed by atoms with E-state index in [9.17, 15) is 0 Å². The van der Waals surface area contributed by atoms with Crippen LogP contribution in [0.3, 0.4) is 0 Å². The smallest absolute Gasteiger partial charge is 0.0675 e. The second kappa shape index (κ2) is 19.6. The average Bonchev–Trinajstić information content (AvgIpc) is 4.00. The fraction of sp³-hybridized carbons (Fsp3) is 0.340. The maximum absolute atomic E-state index is 4.42. The van der Waals surface area contributed by atoms with Gasteiger partial charge in [0.15, 0.2) is 0 Å². The van der Waals surface area contributed by atoms with Gasteiger partial charge in [-0.1, -0.05) is 159 Å². The van der Waals surface area contributed by atoms with E-state index in [4.69, 9.17) is 0 Å². The van der Waals surface area contributed by atoms with Crippen molar-refractivity contribution >= 4 is 26.1 Å². The van der Waals surface area contributed by atoms with Crippen LogP contribution in [0.25, 0.3) is 22.4 Å². The summed E-state index contributed by atoms with van der Waals surface area (Å²) in [6.07, 6.45) is 9.84. The Morgan fingerprint density at radius 3 is 1.61 bits per heavy atom. The van der Waals surface area contributed by atoms with Gasteiger partial charge in [0.1, 0.15) is 0 Å². The van der Waals surface area contributed by atoms with Gasteiger partial charge in [-0.2, -0.15) is 5.10 Å². The van der Waals surface area contributed by atoms with Crippen molar-refractivity contribution in [3.8, 4) is 22.4 Å². The van der Waals surface area contributed by atoms with Gasteiger partial charge in [0.25, 0.3) is 0 Å². The summed E-state index contributed by atoms with van der Waals surface area (Å²) in [4.78, 5) is 4.65. The summed E-state index contributed by atoms with van der Waals surface area (Å²) in [6.45, 7) is 25.7. The van der Waals surface area contributed by atoms with Crippen LogP contribution in [0.4, 0.5) is 17.1 Å². The predicted octanol–water partition coefficient (Wildman–Crippen LogP) is 14.9. The Bertz CT molecular complexity index is 2350. The number of fused-ring (bicyclic) bond motifs is 3. The van der Waals surface area contributed by atoms with E-state index in [1.165, 1.54) is 61.4 Å². The second-order valence-electron chi connectivity index (χ2n) is 17.5. The summed E-state index contributed by atoms with van der Waals surface area (Å²) in [6, 6.07) is 36.9. The molecule has 0 saturated carbocycles. The monoisotopic (exact) mass is 1010 g/mol. The maximum atomic E-state index is 4.42. The third-order valence-corrected chi connectivity index (χ3v) is 12.7. The number of anilines is 2. The van der Waals surface area contributed by atoms with Crippen LogP contribution in [0.5, 0.6) is 0 Å². The first-order valence-electron chi connectivity index (χ1n) is 21.8. The third-order valence-electron chi connectivity index (χ3n) is 12.5. The molecule has 321 valence electrons. The Hall–Kier alpha value is -4.58. The van der Waals surface area contributed by atoms with Gasteiger partial charge in [0, 0.05) is 45.7 Å². The van der Waals surface area contributed by atoms with E-state index in [0.29, 0.717) is 30.2 Å². The zero-order valence-electron chi connectivity index (χ0n) is 37.5. The van der Waals surface area contributed by atoms with Gasteiger partial charge in [-0.15, -0.1) is 30.6 Å². The van der Waals surface area contributed by atoms with Crippen molar-refractivity contribution in [1.29, 1.82) is 0 Å². The predicted molar refractivity (Wildman–Crippen MR) is 255 cm³/mol. The second-order valence-corrected chi connectivity index (χ2v) is 17.7. The molecule has 2 heterocycles. The molecule has 6 nitrogen and oxygen atoms in total. The van der Waals surface area contributed by atoms with E-state index < -0.39 is 0 Å². The fourth-order valence-corrected chi connectivity index (χ4v) is 9.31. The minimum absolute atomic E-state index is 0. The first-order chi connectivity index (χ1) is 28.9. The van der Waals surface area contributed by atoms with Crippen molar-refractivity contribution in [2.75, 3.05) is 9.80 Å². The van der Waals surface area contributed by atoms with E-state index in [-0.39, 0.29) is 27.8 Å². The quantitative estimate of drug-likeness (QED) is 0.0696. The SMILES string of the molecule is CC(C)c1cccc(C(C)C)c1N1C=CN(c2c(C(C)C)cccc2C(C)C)[CH-]1.CCC1(CC)c2cc(N=P)ccc2-c2ccc(-c3[c-]n(Cc4ccccc4)nn3)cc21.[Au]. The summed E-state index contributed by atoms with van der Waals surface area (Å²) < 4.78 is 6.01. The molecule has 1 aliphatic carbocycles. The van der Waals surface area contributed by atoms with Crippen molar-refractivity contribution in [2.45, 2.75) is 118 Å². The van der Waals surface area contributed by atoms with Crippen molar-refractivity contribution in [3.63, 3.8) is 0 Å². The Kier molecular flexibility index (Phi) is 14.8. The minimum Gasteiger partial charge on any atom is -0.479 e. The number of benzene rings is 5. The number of hydrogen-bond acceptors (Lipinski definition) is 5. The zero-order valence-corrected chi connectivity index (χ0v) is 40.6. The Labute approximate surface area is 383 Å². The Balaban J connectivity index is 0.000000201. The van der Waals surface area contributed by atoms with Gasteiger partial charge in [-0.05, 0) is 120 Å². The molecule has 0 amide bonds. The molecule has 1 radical (unpaired) electrons. The molecule has 1 aromatic heterocycles. The molecule has 8 rings (SSSR count). The molecular weight excluding hydrogens is 949 g/mol. The van der Waals surface area contributed by atoms with E-state index in [0.717, 1.165) is 29.8 Å². The largest absolute Gasteiger partial charge is 0.479 e. The van der Waals surface area contributed by atoms with Crippen molar-refractivity contribution in [3.05, 3.63) is 167 Å². The molecule has 8 heteroatoms. The number of rotatable bonds is 12. The molecule has 61 heavy (non-hydrogen) atoms. The van der Waals surface area contributed by atoms with Crippen LogP contribution in [-0.4, -0.2) is 15.0 Å². The normalized spacial score (nSPS) is 13.7. The molecule has 0 bridgehead atoms. The van der Waals surface area contributed by atoms with Gasteiger partial charge >= 0.3 is 0 Å². The number of aromatic nitrogens is 3. The van der Waals surface area contributed by atoms with E-state index in [2.05, 4.69) is 213 Å². The zero-order chi connectivity index (χ0) is 42.7. The molecule has 0 unspecified atom stereocenters. The summed E-state index contributed by atoms with van der Waals surface area (Å²) in [5.41, 5.74) is 17.6. The Morgan fingerprint density at radius 1 is 0.639 bits per heavy atom. The first kappa shape index (κ1) is 45.9. The van der Waals surface area contributed by atoms with Crippen LogP contribution >= 0.6 is 9.03 Å². The Morgan fingerprint density at radius 2 is 1.13 bits per heavy atom. The minimum atomic E-state index is -0.0202. The summed E-state index contributed by atoms with van der Waals surface area (Å²) >= 11 is 0. The van der Waals surface area contributed by atoms with Crippen molar-refractivity contribution in [1.82, 2.24) is 15.0 Å². The number of para-hydroxylation sites is 2. The van der Waals surface area contributed by atoms with Crippen LogP contribution in [-0.2, 0) is 34.3 Å². The van der Waals surface area contributed by atoms with Gasteiger partial charge in [-0.25, -0.2) is 4.74 Å². The van der Waals surface area contributed by atoms with E-state index >= 15 is 0 Å². The standard InChI is InChI=1S/C27H37N2.C26H24N4P.Au/c1-18(2)22-11-9-12-23(19(3)4)26(22)28-15-16-29(17-28)27-24(20(5)6)13-10-14-25(27)21(7)8;1-3-26(4-2)23-14-19(10-12-21(23)22-13-11-20(28-31)15-24(22)26)25-17-30(29-27-25)16-18-8-6-5-7-9-18;/h9-21H,1-8H3;5-15,31H,3-4,16H2,1-2H3;/q2*-1;. The van der Waals surface area contributed by atoms with Gasteiger partial charge in [-0.3, -0.25) is 0 Å². The molecule has 6 aromatic rings. The van der Waals surface area contributed by atoms with Crippen LogP contribution in [0.2, 0.25) is 0 Å². The first-order valence-corrected chi connectivity index (χ1v) is 22.2. The van der Waals surface area contributed by atoms with Gasteiger partial charge < -0.3 is 14.5 Å². The molecule has 0 atom stereocenters. The molecule has 2 aliphatic rings. The van der Waals surface area contributed by atoms with Gasteiger partial charge in [0.05, 0.1) is 5.69 Å². The summed E-state index contributed by atoms with van der Waals surface area (Å²) in [5, 5.41) is 8.73. The van der Waals surface area contributed by atoms with Crippen LogP contribution in [0.15, 0.2) is 120 Å². The van der Waals surface area contributed by atoms with Crippen LogP contribution in [0.1, 0.15) is 145 Å². The molecule has 0 N–H and O–H groups in total. The molecule has 0 saturated heterocycles. The molecule has 1 aliphatic heterocycles. The van der Waals surface area contributed by atoms with Crippen molar-refractivity contribution < 1.29 is 22.4 Å². The number of hydrogen-bond donors (Lipinski definition) is 0. The third kappa shape index (κ3) is 9.16. The van der Waals surface area contributed by atoms with E-state index in [1.54, 1.807) is 4.68 Å². The summed E-state index contributed by atoms with van der Waals surface area (Å²) in [7, 11) is 3.31. The fourth-order valence-electron chi connectivity index (χ4n) is 9.17. The van der Waals surface area contributed by atoms with Crippen molar-refractivity contribution in [2.24, 2.45) is 4.74 Å². The molecule has 5 aromatic carbocycles. The maximum Gasteiger partial charge on any atom is 0.0675 e. The van der Waals surface area contributed by atoms with Gasteiger partial charge in [0.2, 0.25) is 0 Å². The average molecular weight is 1010 g/mol. The topological polar surface area (TPSA) is 49.5 Å². The van der Waals surface area contributed by atoms with Crippen LogP contribution < -0.4 is 9.80 Å². The molecule has 0 fully saturated rings. The van der Waals surface area contributed by atoms with E-state index in [1.807, 2.05) is 18.2 Å². The molecule has 0 spiro atoms. The number of nitrogens with zero attached hydrogens (tertiary/aromatic N) is 6. The van der Waals surface area contributed by atoms with Crippen LogP contribution in [0, 0.1) is 12.9 Å².